The first-order chi connectivity index (χ1) is 10.1. The van der Waals surface area contributed by atoms with E-state index in [0.717, 1.165) is 12.5 Å². The molecule has 2 rings (SSSR count). The fourth-order valence-electron chi connectivity index (χ4n) is 2.02. The van der Waals surface area contributed by atoms with Crippen molar-refractivity contribution in [3.05, 3.63) is 59.4 Å². The lowest BCUT2D eigenvalue weighted by atomic mass is 10.0. The lowest BCUT2D eigenvalue weighted by Crippen LogP contribution is -2.29. The van der Waals surface area contributed by atoms with Gasteiger partial charge in [-0.05, 0) is 35.7 Å². The van der Waals surface area contributed by atoms with Gasteiger partial charge in [0.1, 0.15) is 17.4 Å². The summed E-state index contributed by atoms with van der Waals surface area (Å²) in [5.41, 5.74) is 3.59. The van der Waals surface area contributed by atoms with Gasteiger partial charge < -0.3 is 4.74 Å². The van der Waals surface area contributed by atoms with E-state index in [2.05, 4.69) is 10.4 Å². The van der Waals surface area contributed by atoms with Crippen LogP contribution in [0.1, 0.15) is 30.5 Å². The summed E-state index contributed by atoms with van der Waals surface area (Å²) in [6.07, 6.45) is 4.03. The van der Waals surface area contributed by atoms with Crippen LogP contribution in [0.4, 0.5) is 8.78 Å². The van der Waals surface area contributed by atoms with Crippen LogP contribution in [0.25, 0.3) is 0 Å². The van der Waals surface area contributed by atoms with Crippen molar-refractivity contribution in [2.24, 2.45) is 5.84 Å². The molecule has 1 atom stereocenters. The van der Waals surface area contributed by atoms with Gasteiger partial charge in [0.05, 0.1) is 18.8 Å². The van der Waals surface area contributed by atoms with Crippen molar-refractivity contribution in [1.29, 1.82) is 0 Å². The van der Waals surface area contributed by atoms with Gasteiger partial charge in [0.25, 0.3) is 0 Å². The molecule has 0 aliphatic heterocycles. The van der Waals surface area contributed by atoms with Crippen LogP contribution in [-0.4, -0.2) is 11.6 Å². The zero-order valence-electron chi connectivity index (χ0n) is 11.6. The van der Waals surface area contributed by atoms with Crippen molar-refractivity contribution >= 4 is 0 Å². The van der Waals surface area contributed by atoms with Gasteiger partial charge in [-0.25, -0.2) is 14.2 Å². The summed E-state index contributed by atoms with van der Waals surface area (Å²) in [5, 5.41) is 0. The summed E-state index contributed by atoms with van der Waals surface area (Å²) in [5.74, 6) is 4.80. The van der Waals surface area contributed by atoms with Crippen molar-refractivity contribution in [3.8, 4) is 5.75 Å². The highest BCUT2D eigenvalue weighted by Crippen LogP contribution is 2.25. The molecule has 2 aromatic rings. The summed E-state index contributed by atoms with van der Waals surface area (Å²) in [4.78, 5) is 4.07. The first-order valence-corrected chi connectivity index (χ1v) is 6.64. The van der Waals surface area contributed by atoms with Crippen molar-refractivity contribution < 1.29 is 13.5 Å². The van der Waals surface area contributed by atoms with Gasteiger partial charge in [0.15, 0.2) is 0 Å². The van der Waals surface area contributed by atoms with Gasteiger partial charge in [-0.15, -0.1) is 0 Å². The molecule has 0 radical (unpaired) electrons. The topological polar surface area (TPSA) is 60.2 Å². The molecule has 4 nitrogen and oxygen atoms in total. The Kier molecular flexibility index (Phi) is 5.19. The first kappa shape index (κ1) is 15.3. The molecule has 0 saturated heterocycles. The normalized spacial score (nSPS) is 12.2. The van der Waals surface area contributed by atoms with Crippen LogP contribution in [-0.2, 0) is 0 Å². The number of hydrogen-bond donors (Lipinski definition) is 2. The number of hydrogen-bond acceptors (Lipinski definition) is 4. The molecule has 3 N–H and O–H groups in total. The molecular weight excluding hydrogens is 276 g/mol. The molecule has 1 heterocycles. The molecule has 0 bridgehead atoms. The summed E-state index contributed by atoms with van der Waals surface area (Å²) in [7, 11) is 0. The Morgan fingerprint density at radius 3 is 2.48 bits per heavy atom. The van der Waals surface area contributed by atoms with Gasteiger partial charge in [-0.2, -0.15) is 0 Å². The van der Waals surface area contributed by atoms with Gasteiger partial charge in [-0.1, -0.05) is 6.92 Å². The number of aromatic nitrogens is 1. The van der Waals surface area contributed by atoms with E-state index in [0.29, 0.717) is 23.5 Å². The average Bonchev–Trinajstić information content (AvgIpc) is 2.45. The molecule has 21 heavy (non-hydrogen) atoms. The summed E-state index contributed by atoms with van der Waals surface area (Å²) in [6, 6.07) is 4.44. The number of halogens is 2. The third kappa shape index (κ3) is 3.96. The molecule has 112 valence electrons. The maximum Gasteiger partial charge on any atom is 0.137 e. The molecule has 0 aliphatic carbocycles. The Bertz CT molecular complexity index is 587. The fraction of sp³-hybridized carbons (Fsp3) is 0.267. The second kappa shape index (κ2) is 7.10. The minimum absolute atomic E-state index is 0.379. The molecule has 0 amide bonds. The van der Waals surface area contributed by atoms with Crippen molar-refractivity contribution in [1.82, 2.24) is 10.4 Å². The molecule has 0 aliphatic rings. The zero-order chi connectivity index (χ0) is 15.2. The predicted molar refractivity (Wildman–Crippen MR) is 75.5 cm³/mol. The lowest BCUT2D eigenvalue weighted by Gasteiger charge is -2.17. The van der Waals surface area contributed by atoms with Gasteiger partial charge in [-0.3, -0.25) is 10.8 Å². The summed E-state index contributed by atoms with van der Waals surface area (Å²) in [6.45, 7) is 2.57. The Morgan fingerprint density at radius 2 is 1.86 bits per heavy atom. The van der Waals surface area contributed by atoms with Crippen LogP contribution in [0.15, 0.2) is 36.7 Å². The number of nitrogens with one attached hydrogen (secondary N) is 1. The predicted octanol–water partition coefficient (Wildman–Crippen LogP) is 2.70. The van der Waals surface area contributed by atoms with E-state index < -0.39 is 17.7 Å². The maximum absolute atomic E-state index is 13.3. The van der Waals surface area contributed by atoms with Crippen molar-refractivity contribution in [3.63, 3.8) is 0 Å². The number of rotatable bonds is 6. The summed E-state index contributed by atoms with van der Waals surface area (Å²) < 4.78 is 32.2. The molecule has 1 unspecified atom stereocenters. The van der Waals surface area contributed by atoms with Gasteiger partial charge in [0.2, 0.25) is 0 Å². The Balaban J connectivity index is 2.32. The minimum Gasteiger partial charge on any atom is -0.492 e. The highest BCUT2D eigenvalue weighted by Gasteiger charge is 2.15. The third-order valence-electron chi connectivity index (χ3n) is 2.93. The quantitative estimate of drug-likeness (QED) is 0.635. The number of nitrogens with zero attached hydrogens (tertiary/aromatic N) is 1. The highest BCUT2D eigenvalue weighted by molar-refractivity contribution is 5.34. The largest absolute Gasteiger partial charge is 0.492 e. The Morgan fingerprint density at radius 1 is 1.14 bits per heavy atom. The minimum atomic E-state index is -0.656. The molecule has 0 spiro atoms. The van der Waals surface area contributed by atoms with Crippen LogP contribution >= 0.6 is 0 Å². The van der Waals surface area contributed by atoms with E-state index in [9.17, 15) is 8.78 Å². The molecule has 0 saturated carbocycles. The van der Waals surface area contributed by atoms with Crippen LogP contribution in [0.2, 0.25) is 0 Å². The fourth-order valence-corrected chi connectivity index (χ4v) is 2.02. The number of nitrogens with two attached hydrogens (primary N) is 1. The van der Waals surface area contributed by atoms with Crippen molar-refractivity contribution in [2.75, 3.05) is 6.61 Å². The van der Waals surface area contributed by atoms with Crippen LogP contribution in [0, 0.1) is 11.6 Å². The average molecular weight is 293 g/mol. The second-order valence-electron chi connectivity index (χ2n) is 4.60. The van der Waals surface area contributed by atoms with Crippen LogP contribution in [0.3, 0.4) is 0 Å². The smallest absolute Gasteiger partial charge is 0.137 e. The van der Waals surface area contributed by atoms with E-state index in [-0.39, 0.29) is 0 Å². The lowest BCUT2D eigenvalue weighted by molar-refractivity contribution is 0.315. The number of pyridine rings is 1. The first-order valence-electron chi connectivity index (χ1n) is 6.64. The van der Waals surface area contributed by atoms with E-state index in [1.165, 1.54) is 12.1 Å². The second-order valence-corrected chi connectivity index (χ2v) is 4.60. The van der Waals surface area contributed by atoms with Gasteiger partial charge >= 0.3 is 0 Å². The standard InChI is InChI=1S/C15H17F2N3O/c1-2-3-21-14-6-11(8-19-9-14)15(20-18)10-4-12(16)7-13(17)5-10/h4-9,15,20H,2-3,18H2,1H3. The van der Waals surface area contributed by atoms with Crippen molar-refractivity contribution in [2.45, 2.75) is 19.4 Å². The third-order valence-corrected chi connectivity index (χ3v) is 2.93. The highest BCUT2D eigenvalue weighted by atomic mass is 19.1. The molecule has 1 aromatic carbocycles. The maximum atomic E-state index is 13.3. The van der Waals surface area contributed by atoms with E-state index >= 15 is 0 Å². The zero-order valence-corrected chi connectivity index (χ0v) is 11.6. The molecule has 6 heteroatoms. The van der Waals surface area contributed by atoms with Gasteiger partial charge in [0, 0.05) is 12.3 Å². The number of benzene rings is 1. The molecule has 0 fully saturated rings. The van der Waals surface area contributed by atoms with Crippen LogP contribution in [0.5, 0.6) is 5.75 Å². The van der Waals surface area contributed by atoms with E-state index in [1.807, 2.05) is 6.92 Å². The molecule has 1 aromatic heterocycles. The number of ether oxygens (including phenoxy) is 1. The molecular formula is C15H17F2N3O. The monoisotopic (exact) mass is 293 g/mol. The summed E-state index contributed by atoms with van der Waals surface area (Å²) >= 11 is 0. The number of hydrazine groups is 1. The Hall–Kier alpha value is -2.05. The SMILES string of the molecule is CCCOc1cncc(C(NN)c2cc(F)cc(F)c2)c1. The Labute approximate surface area is 121 Å². The van der Waals surface area contributed by atoms with E-state index in [1.54, 1.807) is 18.5 Å². The van der Waals surface area contributed by atoms with Crippen LogP contribution < -0.4 is 16.0 Å². The van der Waals surface area contributed by atoms with E-state index in [4.69, 9.17) is 10.6 Å².